The Kier molecular flexibility index (Phi) is 13.6. The zero-order chi connectivity index (χ0) is 33.1. The standard InChI is InChI=1S/C30H39FN4O.C4H10O.CH2O2/c1-7-25-22(3)32-20-26(29(25)35-14-12-30(4,5)13-15-35)28-11-9-23(19-33-28)34(6)16-17-36-24-10-8-21(2)27(31)18-24;1-4(2,3)5;2-1-3/h8-11,18-20H,7,12-17H2,1-6H3;5H,1-3H3;1H,(H,2,3). The van der Waals surface area contributed by atoms with E-state index in [-0.39, 0.29) is 12.3 Å². The number of anilines is 2. The molecule has 0 radical (unpaired) electrons. The third-order valence-corrected chi connectivity index (χ3v) is 7.46. The Morgan fingerprint density at radius 2 is 1.70 bits per heavy atom. The third-order valence-electron chi connectivity index (χ3n) is 7.46. The largest absolute Gasteiger partial charge is 0.492 e. The molecule has 1 saturated heterocycles. The minimum absolute atomic E-state index is 0.245. The van der Waals surface area contributed by atoms with Crippen molar-refractivity contribution in [3.05, 3.63) is 65.4 Å². The van der Waals surface area contributed by atoms with Crippen LogP contribution >= 0.6 is 0 Å². The molecular formula is C35H51FN4O4. The van der Waals surface area contributed by atoms with E-state index in [0.717, 1.165) is 42.1 Å². The van der Waals surface area contributed by atoms with Crippen LogP contribution in [0.3, 0.4) is 0 Å². The maximum absolute atomic E-state index is 13.8. The van der Waals surface area contributed by atoms with E-state index in [1.807, 2.05) is 19.4 Å². The highest BCUT2D eigenvalue weighted by Gasteiger charge is 2.28. The lowest BCUT2D eigenvalue weighted by atomic mass is 9.82. The SMILES string of the molecule is CC(C)(C)O.CCc1c(C)ncc(-c2ccc(N(C)CCOc3ccc(C)c(F)c3)cn2)c1N1CCC(C)(C)CC1.O=CO. The van der Waals surface area contributed by atoms with Gasteiger partial charge in [-0.2, -0.15) is 0 Å². The van der Waals surface area contributed by atoms with E-state index in [0.29, 0.717) is 29.9 Å². The topological polar surface area (TPSA) is 99.0 Å². The summed E-state index contributed by atoms with van der Waals surface area (Å²) in [6.45, 7) is 19.0. The van der Waals surface area contributed by atoms with Gasteiger partial charge in [-0.15, -0.1) is 0 Å². The first-order valence-corrected chi connectivity index (χ1v) is 15.2. The highest BCUT2D eigenvalue weighted by molar-refractivity contribution is 5.79. The van der Waals surface area contributed by atoms with Crippen molar-refractivity contribution in [2.24, 2.45) is 5.41 Å². The Morgan fingerprint density at radius 3 is 2.23 bits per heavy atom. The predicted octanol–water partition coefficient (Wildman–Crippen LogP) is 7.08. The van der Waals surface area contributed by atoms with Crippen molar-refractivity contribution < 1.29 is 24.1 Å². The van der Waals surface area contributed by atoms with Gasteiger partial charge in [-0.3, -0.25) is 14.8 Å². The molecule has 8 nitrogen and oxygen atoms in total. The van der Waals surface area contributed by atoms with Gasteiger partial charge in [-0.25, -0.2) is 4.39 Å². The van der Waals surface area contributed by atoms with Crippen LogP contribution in [0.2, 0.25) is 0 Å². The second kappa shape index (κ2) is 16.4. The molecule has 242 valence electrons. The molecule has 0 aliphatic carbocycles. The van der Waals surface area contributed by atoms with Crippen LogP contribution in [-0.4, -0.2) is 65.5 Å². The Hall–Kier alpha value is -3.72. The van der Waals surface area contributed by atoms with Crippen molar-refractivity contribution in [1.29, 1.82) is 0 Å². The number of aromatic nitrogens is 2. The number of aliphatic hydroxyl groups is 1. The second-order valence-corrected chi connectivity index (χ2v) is 12.9. The minimum atomic E-state index is -0.500. The van der Waals surface area contributed by atoms with Crippen LogP contribution < -0.4 is 14.5 Å². The number of aryl methyl sites for hydroxylation is 2. The van der Waals surface area contributed by atoms with E-state index in [1.165, 1.54) is 30.2 Å². The molecule has 3 aromatic rings. The van der Waals surface area contributed by atoms with E-state index in [4.69, 9.17) is 29.7 Å². The Morgan fingerprint density at radius 1 is 1.09 bits per heavy atom. The number of pyridine rings is 2. The zero-order valence-electron chi connectivity index (χ0n) is 27.9. The average molecular weight is 611 g/mol. The fraction of sp³-hybridized carbons (Fsp3) is 0.514. The van der Waals surface area contributed by atoms with Gasteiger partial charge in [0.1, 0.15) is 18.2 Å². The first-order valence-electron chi connectivity index (χ1n) is 15.2. The molecule has 0 bridgehead atoms. The average Bonchev–Trinajstić information content (AvgIpc) is 2.94. The van der Waals surface area contributed by atoms with E-state index >= 15 is 0 Å². The van der Waals surface area contributed by atoms with Crippen molar-refractivity contribution in [2.45, 2.75) is 80.3 Å². The zero-order valence-corrected chi connectivity index (χ0v) is 27.9. The number of piperidine rings is 1. The second-order valence-electron chi connectivity index (χ2n) is 12.9. The summed E-state index contributed by atoms with van der Waals surface area (Å²) < 4.78 is 19.5. The highest BCUT2D eigenvalue weighted by atomic mass is 19.1. The Balaban J connectivity index is 0.000000754. The van der Waals surface area contributed by atoms with Crippen LogP contribution in [0.25, 0.3) is 11.3 Å². The molecule has 0 amide bonds. The number of nitrogens with zero attached hydrogens (tertiary/aromatic N) is 4. The summed E-state index contributed by atoms with van der Waals surface area (Å²) in [7, 11) is 2.01. The van der Waals surface area contributed by atoms with Gasteiger partial charge >= 0.3 is 0 Å². The van der Waals surface area contributed by atoms with Crippen LogP contribution in [0.5, 0.6) is 5.75 Å². The summed E-state index contributed by atoms with van der Waals surface area (Å²) in [5.74, 6) is 0.303. The molecule has 2 aromatic heterocycles. The van der Waals surface area contributed by atoms with Gasteiger partial charge in [0.15, 0.2) is 0 Å². The monoisotopic (exact) mass is 610 g/mol. The van der Waals surface area contributed by atoms with E-state index in [1.54, 1.807) is 39.8 Å². The summed E-state index contributed by atoms with van der Waals surface area (Å²) >= 11 is 0. The van der Waals surface area contributed by atoms with Gasteiger partial charge < -0.3 is 24.7 Å². The number of carboxylic acid groups (broad SMARTS) is 1. The number of rotatable bonds is 8. The van der Waals surface area contributed by atoms with Crippen molar-refractivity contribution in [3.8, 4) is 17.0 Å². The smallest absolute Gasteiger partial charge is 0.290 e. The van der Waals surface area contributed by atoms with E-state index < -0.39 is 5.60 Å². The summed E-state index contributed by atoms with van der Waals surface area (Å²) in [6, 6.07) is 9.16. The highest BCUT2D eigenvalue weighted by Crippen LogP contribution is 2.39. The number of likely N-dealkylation sites (N-methyl/N-ethyl adjacent to an activating group) is 1. The van der Waals surface area contributed by atoms with Crippen molar-refractivity contribution in [2.75, 3.05) is 43.1 Å². The number of halogens is 1. The molecule has 0 atom stereocenters. The van der Waals surface area contributed by atoms with Gasteiger partial charge in [0.25, 0.3) is 6.47 Å². The predicted molar refractivity (Wildman–Crippen MR) is 177 cm³/mol. The normalized spacial score (nSPS) is 14.0. The van der Waals surface area contributed by atoms with Crippen molar-refractivity contribution in [1.82, 2.24) is 9.97 Å². The third kappa shape index (κ3) is 11.4. The Bertz CT molecular complexity index is 1320. The van der Waals surface area contributed by atoms with Crippen molar-refractivity contribution >= 4 is 17.8 Å². The molecule has 9 heteroatoms. The van der Waals surface area contributed by atoms with Crippen LogP contribution in [0.4, 0.5) is 15.8 Å². The fourth-order valence-electron chi connectivity index (χ4n) is 4.81. The fourth-order valence-corrected chi connectivity index (χ4v) is 4.81. The lowest BCUT2D eigenvalue weighted by Gasteiger charge is -2.40. The quantitative estimate of drug-likeness (QED) is 0.261. The van der Waals surface area contributed by atoms with Gasteiger partial charge in [0.05, 0.1) is 35.4 Å². The molecule has 1 aliphatic heterocycles. The summed E-state index contributed by atoms with van der Waals surface area (Å²) in [5, 5.41) is 15.4. The molecule has 0 spiro atoms. The molecule has 4 rings (SSSR count). The van der Waals surface area contributed by atoms with Crippen LogP contribution in [0.1, 0.15) is 71.2 Å². The number of ether oxygens (including phenoxy) is 1. The molecule has 0 saturated carbocycles. The number of hydrogen-bond donors (Lipinski definition) is 2. The maximum atomic E-state index is 13.8. The molecule has 1 fully saturated rings. The summed E-state index contributed by atoms with van der Waals surface area (Å²) in [4.78, 5) is 22.6. The molecule has 1 aliphatic rings. The van der Waals surface area contributed by atoms with Crippen LogP contribution in [-0.2, 0) is 11.2 Å². The molecule has 44 heavy (non-hydrogen) atoms. The molecule has 3 heterocycles. The number of carbonyl (C=O) groups is 1. The number of hydrogen-bond acceptors (Lipinski definition) is 7. The van der Waals surface area contributed by atoms with Gasteiger partial charge in [0, 0.05) is 43.7 Å². The Labute approximate surface area is 262 Å². The molecular weight excluding hydrogens is 559 g/mol. The van der Waals surface area contributed by atoms with Gasteiger partial charge in [-0.1, -0.05) is 26.8 Å². The lowest BCUT2D eigenvalue weighted by molar-refractivity contribution is -0.122. The summed E-state index contributed by atoms with van der Waals surface area (Å²) in [5.41, 5.74) is 7.30. The first-order chi connectivity index (χ1) is 20.6. The van der Waals surface area contributed by atoms with Gasteiger partial charge in [-0.05, 0) is 88.6 Å². The molecule has 2 N–H and O–H groups in total. The molecule has 0 unspecified atom stereocenters. The summed E-state index contributed by atoms with van der Waals surface area (Å²) in [6.07, 6.45) is 7.23. The van der Waals surface area contributed by atoms with Gasteiger partial charge in [0.2, 0.25) is 0 Å². The number of benzene rings is 1. The van der Waals surface area contributed by atoms with Crippen LogP contribution in [0, 0.1) is 25.1 Å². The van der Waals surface area contributed by atoms with E-state index in [9.17, 15) is 4.39 Å². The minimum Gasteiger partial charge on any atom is -0.492 e. The lowest BCUT2D eigenvalue weighted by Crippen LogP contribution is -2.38. The molecule has 1 aromatic carbocycles. The van der Waals surface area contributed by atoms with E-state index in [2.05, 4.69) is 49.6 Å². The maximum Gasteiger partial charge on any atom is 0.290 e. The first kappa shape index (κ1) is 36.5. The van der Waals surface area contributed by atoms with Crippen molar-refractivity contribution in [3.63, 3.8) is 0 Å². The van der Waals surface area contributed by atoms with Crippen LogP contribution in [0.15, 0.2) is 42.7 Å².